The highest BCUT2D eigenvalue weighted by Crippen LogP contribution is 2.35. The van der Waals surface area contributed by atoms with E-state index in [0.29, 0.717) is 134 Å². The molecule has 7 unspecified atom stereocenters. The molecule has 26 nitrogen and oxygen atoms in total. The molecule has 0 bridgehead atoms. The van der Waals surface area contributed by atoms with E-state index in [1.54, 1.807) is 6.20 Å². The molecule has 7 atom stereocenters. The quantitative estimate of drug-likeness (QED) is 0.0224. The molecule has 4 aliphatic heterocycles. The number of hydrogen-bond acceptors (Lipinski definition) is 22. The number of ketones is 4. The number of anilines is 4. The summed E-state index contributed by atoms with van der Waals surface area (Å²) in [6, 6.07) is 35.6. The summed E-state index contributed by atoms with van der Waals surface area (Å²) in [7, 11) is 6.43. The molecule has 718 valence electrons. The Labute approximate surface area is 786 Å². The molecule has 16 rings (SSSR count). The van der Waals surface area contributed by atoms with E-state index in [2.05, 4.69) is 278 Å². The van der Waals surface area contributed by atoms with Gasteiger partial charge in [-0.15, -0.1) is 28.5 Å². The molecule has 0 radical (unpaired) electrons. The molecule has 30 heteroatoms. The molecular formula is C103H142F3N19O7S. The monoisotopic (exact) mass is 1850 g/mol. The first-order chi connectivity index (χ1) is 63.9. The van der Waals surface area contributed by atoms with Gasteiger partial charge in [-0.3, -0.25) is 33.9 Å². The fraction of sp³-hybridized carbons (Fsp3) is 0.553. The number of alkyl halides is 3. The first-order valence-corrected chi connectivity index (χ1v) is 49.2. The van der Waals surface area contributed by atoms with Crippen LogP contribution in [0.3, 0.4) is 0 Å². The summed E-state index contributed by atoms with van der Waals surface area (Å²) in [4.78, 5) is 96.8. The Morgan fingerprint density at radius 1 is 0.444 bits per heavy atom. The number of rotatable bonds is 39. The molecule has 4 aromatic carbocycles. The van der Waals surface area contributed by atoms with Crippen LogP contribution in [-0.4, -0.2) is 242 Å². The van der Waals surface area contributed by atoms with Crippen LogP contribution in [0.5, 0.6) is 0 Å². The van der Waals surface area contributed by atoms with Crippen molar-refractivity contribution in [3.63, 3.8) is 0 Å². The maximum Gasteiger partial charge on any atom is 0.522 e. The van der Waals surface area contributed by atoms with E-state index in [4.69, 9.17) is 8.83 Å². The standard InChI is InChI=1S/C27H35F3N4O3.C26H36N4O2.C25H36N6O.C25H35N5OS/c1-19(2)7-8-20(15-21-17-31-23-6-4-3-5-22(21)23)16-24(35)25-18-32-26(37-25)34-11-9-33(10-12-34)13-14-36-27(28,29)30;1-18(2)9-10-20(13-21-15-27-23-8-6-5-7-22(21)23)14-24(31)25-16-28-26(32-25)30-12-11-29(4)19(3)17-30;1-17(2)9-10-19(13-20-15-26-22-8-6-5-7-21(20)22)14-23(32)24-27-25(29-28-24)31-12-11-30(4)18(3)16-31;1-17(2)9-10-19(13-20-15-26-22-8-6-5-7-21(20)22)14-23(31)24-27-28-25(32-24)30-12-11-29(4)18(3)16-30/h3-6,17-20,31H,7-16H2,1-2H3;5-8,15-16,18-20,27H,9-14,17H2,1-4H3;5-8,15,17-19,26H,9-14,16H2,1-4H3,(H,27,28,29);5-8,15,17-19,26H,9-14,16H2,1-4H3. The highest BCUT2D eigenvalue weighted by molar-refractivity contribution is 7.17. The van der Waals surface area contributed by atoms with Gasteiger partial charge in [-0.2, -0.15) is 4.98 Å². The van der Waals surface area contributed by atoms with Crippen LogP contribution in [0, 0.1) is 47.3 Å². The zero-order valence-corrected chi connectivity index (χ0v) is 81.5. The molecule has 8 aromatic heterocycles. The summed E-state index contributed by atoms with van der Waals surface area (Å²) in [5.74, 6) is 5.32. The van der Waals surface area contributed by atoms with Crippen LogP contribution in [0.4, 0.5) is 36.3 Å². The second kappa shape index (κ2) is 47.7. The number of Topliss-reactive ketones (excluding diaryl/α,β-unsaturated/α-hetero) is 4. The Hall–Kier alpha value is -10.4. The number of fused-ring (bicyclic) bond motifs is 4. The number of halogens is 3. The minimum Gasteiger partial charge on any atom is -0.420 e. The van der Waals surface area contributed by atoms with Gasteiger partial charge in [0.15, 0.2) is 45.5 Å². The number of carbonyl (C=O) groups excluding carboxylic acids is 4. The van der Waals surface area contributed by atoms with Gasteiger partial charge in [0, 0.05) is 204 Å². The van der Waals surface area contributed by atoms with Crippen molar-refractivity contribution in [1.29, 1.82) is 0 Å². The van der Waals surface area contributed by atoms with Crippen molar-refractivity contribution in [3.8, 4) is 0 Å². The first kappa shape index (κ1) is 100. The molecule has 5 N–H and O–H groups in total. The molecule has 0 saturated carbocycles. The number of piperazine rings is 4. The Kier molecular flexibility index (Phi) is 35.9. The fourth-order valence-corrected chi connectivity index (χ4v) is 19.3. The number of benzene rings is 4. The lowest BCUT2D eigenvalue weighted by atomic mass is 9.87. The predicted octanol–water partition coefficient (Wildman–Crippen LogP) is 20.2. The third kappa shape index (κ3) is 28.9. The number of para-hydroxylation sites is 4. The summed E-state index contributed by atoms with van der Waals surface area (Å²) in [5.41, 5.74) is 9.64. The molecule has 4 saturated heterocycles. The molecule has 4 fully saturated rings. The Morgan fingerprint density at radius 3 is 1.20 bits per heavy atom. The lowest BCUT2D eigenvalue weighted by molar-refractivity contribution is -0.325. The highest BCUT2D eigenvalue weighted by Gasteiger charge is 2.34. The van der Waals surface area contributed by atoms with Crippen molar-refractivity contribution in [2.24, 2.45) is 47.3 Å². The summed E-state index contributed by atoms with van der Waals surface area (Å²) < 4.78 is 52.2. The number of H-pyrrole nitrogens is 5. The van der Waals surface area contributed by atoms with Gasteiger partial charge in [0.1, 0.15) is 0 Å². The van der Waals surface area contributed by atoms with Gasteiger partial charge in [-0.05, 0) is 187 Å². The molecule has 0 amide bonds. The van der Waals surface area contributed by atoms with Crippen molar-refractivity contribution < 1.29 is 45.9 Å². The number of nitrogens with one attached hydrogen (secondary N) is 5. The average Bonchev–Trinajstić information content (AvgIpc) is 1.69. The molecule has 133 heavy (non-hydrogen) atoms. The van der Waals surface area contributed by atoms with Crippen LogP contribution in [0.1, 0.15) is 217 Å². The maximum atomic E-state index is 13.2. The summed E-state index contributed by atoms with van der Waals surface area (Å²) in [6.07, 6.45) is 20.7. The van der Waals surface area contributed by atoms with Crippen molar-refractivity contribution >= 4 is 101 Å². The van der Waals surface area contributed by atoms with Crippen molar-refractivity contribution in [1.82, 2.24) is 74.9 Å². The zero-order chi connectivity index (χ0) is 94.4. The van der Waals surface area contributed by atoms with E-state index in [1.165, 1.54) is 61.3 Å². The summed E-state index contributed by atoms with van der Waals surface area (Å²) in [6.45, 7) is 34.8. The van der Waals surface area contributed by atoms with Crippen molar-refractivity contribution in [3.05, 3.63) is 179 Å². The van der Waals surface area contributed by atoms with Crippen LogP contribution in [0.2, 0.25) is 0 Å². The van der Waals surface area contributed by atoms with E-state index in [1.807, 2.05) is 40.3 Å². The number of aromatic amines is 5. The number of ether oxygens (including phenoxy) is 1. The largest absolute Gasteiger partial charge is 0.522 e. The van der Waals surface area contributed by atoms with Crippen LogP contribution >= 0.6 is 11.3 Å². The average molecular weight is 1850 g/mol. The predicted molar refractivity (Wildman–Crippen MR) is 527 cm³/mol. The number of hydrogen-bond donors (Lipinski definition) is 5. The topological polar surface area (TPSA) is 286 Å². The van der Waals surface area contributed by atoms with Gasteiger partial charge in [-0.1, -0.05) is 165 Å². The van der Waals surface area contributed by atoms with Crippen molar-refractivity contribution in [2.45, 2.75) is 203 Å². The number of likely N-dealkylation sites (N-methyl/N-ethyl adjacent to an activating group) is 3. The SMILES string of the molecule is CC(C)CCC(CC(=O)c1cnc(N2CCN(C)C(C)C2)o1)Cc1c[nH]c2ccccc12.CC(C)CCC(CC(=O)c1cnc(N2CCN(CCOC(F)(F)F)CC2)o1)Cc1c[nH]c2ccccc12.CC(C)CCC(CC(=O)c1nc(N2CCN(C)C(C)C2)n[nH]1)Cc1c[nH]c2ccccc12.CC(C)CCC(CC(=O)c1nnc(N2CCN(C)C(C)C2)s1)Cc1c[nH]c2ccccc12. The molecular weight excluding hydrogens is 1700 g/mol. The first-order valence-electron chi connectivity index (χ1n) is 48.4. The summed E-state index contributed by atoms with van der Waals surface area (Å²) in [5, 5.41) is 22.3. The normalized spacial score (nSPS) is 17.9. The second-order valence-electron chi connectivity index (χ2n) is 39.5. The van der Waals surface area contributed by atoms with E-state index >= 15 is 0 Å². The number of oxazole rings is 2. The van der Waals surface area contributed by atoms with E-state index in [-0.39, 0.29) is 53.2 Å². The smallest absolute Gasteiger partial charge is 0.420 e. The lowest BCUT2D eigenvalue weighted by Gasteiger charge is -2.37. The van der Waals surface area contributed by atoms with Crippen LogP contribution in [-0.2, 0) is 30.4 Å². The van der Waals surface area contributed by atoms with Crippen molar-refractivity contribution in [2.75, 3.05) is 139 Å². The number of aromatic nitrogens is 11. The number of nitrogens with zero attached hydrogens (tertiary/aromatic N) is 14. The highest BCUT2D eigenvalue weighted by atomic mass is 32.1. The molecule has 0 aliphatic carbocycles. The van der Waals surface area contributed by atoms with Crippen LogP contribution in [0.15, 0.2) is 143 Å². The third-order valence-corrected chi connectivity index (χ3v) is 28.2. The van der Waals surface area contributed by atoms with Crippen LogP contribution < -0.4 is 19.6 Å². The minimum absolute atomic E-state index is 0.0551. The molecule has 0 spiro atoms. The Bertz CT molecular complexity index is 5240. The fourth-order valence-electron chi connectivity index (χ4n) is 18.4. The maximum absolute atomic E-state index is 13.2. The van der Waals surface area contributed by atoms with Gasteiger partial charge >= 0.3 is 6.36 Å². The molecule has 12 aromatic rings. The Balaban J connectivity index is 0.000000151. The van der Waals surface area contributed by atoms with E-state index < -0.39 is 13.0 Å². The van der Waals surface area contributed by atoms with Gasteiger partial charge < -0.3 is 63.1 Å². The molecule has 12 heterocycles. The lowest BCUT2D eigenvalue weighted by Crippen LogP contribution is -2.50. The van der Waals surface area contributed by atoms with Crippen LogP contribution in [0.25, 0.3) is 43.6 Å². The summed E-state index contributed by atoms with van der Waals surface area (Å²) >= 11 is 1.46. The Morgan fingerprint density at radius 2 is 0.797 bits per heavy atom. The van der Waals surface area contributed by atoms with E-state index in [0.717, 1.165) is 163 Å². The third-order valence-electron chi connectivity index (χ3n) is 27.2. The zero-order valence-electron chi connectivity index (χ0n) is 80.6. The van der Waals surface area contributed by atoms with Gasteiger partial charge in [0.25, 0.3) is 12.0 Å². The minimum atomic E-state index is -4.61. The van der Waals surface area contributed by atoms with Gasteiger partial charge in [-0.25, -0.2) is 9.97 Å². The second-order valence-corrected chi connectivity index (χ2v) is 40.4. The van der Waals surface area contributed by atoms with Gasteiger partial charge in [0.2, 0.25) is 11.1 Å². The van der Waals surface area contributed by atoms with E-state index in [9.17, 15) is 32.3 Å². The molecule has 4 aliphatic rings. The van der Waals surface area contributed by atoms with Gasteiger partial charge in [0.05, 0.1) is 19.0 Å². The number of carbonyl (C=O) groups is 4.